The highest BCUT2D eigenvalue weighted by Gasteiger charge is 2.28. The van der Waals surface area contributed by atoms with Crippen LogP contribution in [0.25, 0.3) is 0 Å². The highest BCUT2D eigenvalue weighted by Crippen LogP contribution is 2.38. The van der Waals surface area contributed by atoms with Crippen LogP contribution in [0.1, 0.15) is 24.2 Å². The van der Waals surface area contributed by atoms with E-state index >= 15 is 0 Å². The molecule has 0 aliphatic heterocycles. The molecule has 0 aliphatic rings. The van der Waals surface area contributed by atoms with Crippen molar-refractivity contribution in [1.29, 1.82) is 0 Å². The number of nitro groups is 1. The van der Waals surface area contributed by atoms with E-state index in [1.165, 1.54) is 44.4 Å². The number of methoxy groups -OCH3 is 1. The van der Waals surface area contributed by atoms with E-state index in [1.54, 1.807) is 37.3 Å². The number of para-hydroxylation sites is 1. The van der Waals surface area contributed by atoms with Crippen LogP contribution in [0.2, 0.25) is 0 Å². The van der Waals surface area contributed by atoms with Crippen molar-refractivity contribution < 1.29 is 27.6 Å². The Bertz CT molecular complexity index is 1290. The van der Waals surface area contributed by atoms with Crippen molar-refractivity contribution in [2.45, 2.75) is 18.7 Å². The fraction of sp³-hybridized carbons (Fsp3) is 0.174. The Kier molecular flexibility index (Phi) is 6.98. The molecular weight excluding hydrogens is 448 g/mol. The van der Waals surface area contributed by atoms with Gasteiger partial charge in [0.15, 0.2) is 17.3 Å². The molecule has 0 atom stereocenters. The Morgan fingerprint density at radius 3 is 2.24 bits per heavy atom. The SMILES string of the molecule is CCN(c1ccccc1)S(=O)(=O)c1ccc(Oc2ccc(C(C)=O)cc2OC)c([N+](=O)[O-])c1. The molecule has 172 valence electrons. The third kappa shape index (κ3) is 4.96. The molecule has 3 aromatic carbocycles. The topological polar surface area (TPSA) is 116 Å². The van der Waals surface area contributed by atoms with E-state index in [0.717, 1.165) is 10.4 Å². The molecule has 10 heteroatoms. The summed E-state index contributed by atoms with van der Waals surface area (Å²) in [5.41, 5.74) is 0.298. The van der Waals surface area contributed by atoms with Crippen LogP contribution in [-0.4, -0.2) is 32.8 Å². The van der Waals surface area contributed by atoms with E-state index in [0.29, 0.717) is 11.3 Å². The fourth-order valence-electron chi connectivity index (χ4n) is 3.19. The molecule has 3 aromatic rings. The van der Waals surface area contributed by atoms with Crippen LogP contribution in [0, 0.1) is 10.1 Å². The van der Waals surface area contributed by atoms with Gasteiger partial charge in [0, 0.05) is 18.2 Å². The summed E-state index contributed by atoms with van der Waals surface area (Å²) in [5.74, 6) is -0.00882. The van der Waals surface area contributed by atoms with Crippen LogP contribution in [0.3, 0.4) is 0 Å². The number of rotatable bonds is 9. The standard InChI is InChI=1S/C23H22N2O7S/c1-4-24(18-8-6-5-7-9-18)33(29,30)19-11-13-21(20(15-19)25(27)28)32-22-12-10-17(16(2)26)14-23(22)31-3/h5-15H,4H2,1-3H3. The second kappa shape index (κ2) is 9.70. The van der Waals surface area contributed by atoms with Gasteiger partial charge in [0.2, 0.25) is 5.75 Å². The summed E-state index contributed by atoms with van der Waals surface area (Å²) in [6.07, 6.45) is 0. The minimum atomic E-state index is -4.07. The second-order valence-corrected chi connectivity index (χ2v) is 8.78. The summed E-state index contributed by atoms with van der Waals surface area (Å²) < 4.78 is 38.5. The number of nitrogens with zero attached hydrogens (tertiary/aromatic N) is 2. The van der Waals surface area contributed by atoms with Gasteiger partial charge in [0.25, 0.3) is 10.0 Å². The van der Waals surface area contributed by atoms with Crippen LogP contribution in [-0.2, 0) is 10.0 Å². The highest BCUT2D eigenvalue weighted by molar-refractivity contribution is 7.92. The van der Waals surface area contributed by atoms with Crippen molar-refractivity contribution in [2.24, 2.45) is 0 Å². The summed E-state index contributed by atoms with van der Waals surface area (Å²) >= 11 is 0. The van der Waals surface area contributed by atoms with Crippen LogP contribution in [0.15, 0.2) is 71.6 Å². The van der Waals surface area contributed by atoms with Crippen LogP contribution in [0.4, 0.5) is 11.4 Å². The molecule has 0 saturated carbocycles. The molecule has 0 bridgehead atoms. The number of anilines is 1. The van der Waals surface area contributed by atoms with E-state index < -0.39 is 20.6 Å². The number of ether oxygens (including phenoxy) is 2. The maximum atomic E-state index is 13.2. The summed E-state index contributed by atoms with van der Waals surface area (Å²) in [5, 5.41) is 11.7. The van der Waals surface area contributed by atoms with E-state index in [-0.39, 0.29) is 34.5 Å². The Balaban J connectivity index is 2.03. The molecule has 33 heavy (non-hydrogen) atoms. The molecule has 0 aromatic heterocycles. The predicted octanol–water partition coefficient (Wildman–Crippen LogP) is 4.81. The summed E-state index contributed by atoms with van der Waals surface area (Å²) in [6, 6.07) is 16.3. The number of nitro benzene ring substituents is 1. The van der Waals surface area contributed by atoms with Gasteiger partial charge < -0.3 is 9.47 Å². The minimum Gasteiger partial charge on any atom is -0.493 e. The number of carbonyl (C=O) groups excluding carboxylic acids is 1. The number of carbonyl (C=O) groups is 1. The Morgan fingerprint density at radius 1 is 1.00 bits per heavy atom. The van der Waals surface area contributed by atoms with Crippen molar-refractivity contribution in [2.75, 3.05) is 18.0 Å². The van der Waals surface area contributed by atoms with Crippen molar-refractivity contribution in [3.8, 4) is 17.2 Å². The first-order chi connectivity index (χ1) is 15.7. The number of sulfonamides is 1. The summed E-state index contributed by atoms with van der Waals surface area (Å²) in [4.78, 5) is 22.4. The van der Waals surface area contributed by atoms with E-state index in [1.807, 2.05) is 0 Å². The number of Topliss-reactive ketones (excluding diaryl/α,β-unsaturated/α-hetero) is 1. The molecule has 0 heterocycles. The third-order valence-corrected chi connectivity index (χ3v) is 6.74. The molecule has 0 radical (unpaired) electrons. The van der Waals surface area contributed by atoms with Crippen molar-refractivity contribution in [1.82, 2.24) is 0 Å². The lowest BCUT2D eigenvalue weighted by atomic mass is 10.1. The first-order valence-electron chi connectivity index (χ1n) is 9.92. The van der Waals surface area contributed by atoms with Crippen molar-refractivity contribution in [3.63, 3.8) is 0 Å². The lowest BCUT2D eigenvalue weighted by Gasteiger charge is -2.23. The molecule has 9 nitrogen and oxygen atoms in total. The van der Waals surface area contributed by atoms with E-state index in [9.17, 15) is 23.3 Å². The monoisotopic (exact) mass is 470 g/mol. The van der Waals surface area contributed by atoms with Gasteiger partial charge >= 0.3 is 5.69 Å². The zero-order valence-corrected chi connectivity index (χ0v) is 19.0. The van der Waals surface area contributed by atoms with Crippen molar-refractivity contribution in [3.05, 3.63) is 82.4 Å². The summed E-state index contributed by atoms with van der Waals surface area (Å²) in [7, 11) is -2.69. The van der Waals surface area contributed by atoms with Gasteiger partial charge in [-0.3, -0.25) is 19.2 Å². The van der Waals surface area contributed by atoms with Crippen LogP contribution in [0.5, 0.6) is 17.2 Å². The Labute approximate surface area is 191 Å². The van der Waals surface area contributed by atoms with Crippen LogP contribution < -0.4 is 13.8 Å². The van der Waals surface area contributed by atoms with Gasteiger partial charge in [-0.05, 0) is 56.3 Å². The molecule has 3 rings (SSSR count). The third-order valence-electron chi connectivity index (χ3n) is 4.84. The Morgan fingerprint density at radius 2 is 1.67 bits per heavy atom. The Hall–Kier alpha value is -3.92. The molecule has 0 fully saturated rings. The zero-order valence-electron chi connectivity index (χ0n) is 18.2. The summed E-state index contributed by atoms with van der Waals surface area (Å²) in [6.45, 7) is 3.21. The maximum Gasteiger partial charge on any atom is 0.312 e. The van der Waals surface area contributed by atoms with Gasteiger partial charge in [-0.15, -0.1) is 0 Å². The molecule has 0 N–H and O–H groups in total. The zero-order chi connectivity index (χ0) is 24.2. The molecular formula is C23H22N2O7S. The maximum absolute atomic E-state index is 13.2. The van der Waals surface area contributed by atoms with Gasteiger partial charge in [-0.2, -0.15) is 0 Å². The van der Waals surface area contributed by atoms with Gasteiger partial charge in [-0.25, -0.2) is 8.42 Å². The largest absolute Gasteiger partial charge is 0.493 e. The fourth-order valence-corrected chi connectivity index (χ4v) is 4.68. The molecule has 0 unspecified atom stereocenters. The number of hydrogen-bond donors (Lipinski definition) is 0. The average molecular weight is 471 g/mol. The second-order valence-electron chi connectivity index (χ2n) is 6.92. The van der Waals surface area contributed by atoms with E-state index in [4.69, 9.17) is 9.47 Å². The predicted molar refractivity (Wildman–Crippen MR) is 123 cm³/mol. The molecule has 0 amide bonds. The quantitative estimate of drug-likeness (QED) is 0.250. The number of ketones is 1. The number of benzene rings is 3. The average Bonchev–Trinajstić information content (AvgIpc) is 2.80. The molecule has 0 aliphatic carbocycles. The van der Waals surface area contributed by atoms with Crippen molar-refractivity contribution >= 4 is 27.2 Å². The normalized spacial score (nSPS) is 11.0. The van der Waals surface area contributed by atoms with Gasteiger partial charge in [-0.1, -0.05) is 18.2 Å². The van der Waals surface area contributed by atoms with Gasteiger partial charge in [0.1, 0.15) is 0 Å². The molecule has 0 spiro atoms. The number of hydrogen-bond acceptors (Lipinski definition) is 7. The lowest BCUT2D eigenvalue weighted by Crippen LogP contribution is -2.30. The van der Waals surface area contributed by atoms with Crippen LogP contribution >= 0.6 is 0 Å². The van der Waals surface area contributed by atoms with E-state index in [2.05, 4.69) is 0 Å². The smallest absolute Gasteiger partial charge is 0.312 e. The molecule has 0 saturated heterocycles. The lowest BCUT2D eigenvalue weighted by molar-refractivity contribution is -0.385. The minimum absolute atomic E-state index is 0.137. The van der Waals surface area contributed by atoms with Gasteiger partial charge in [0.05, 0.1) is 22.6 Å². The first-order valence-corrected chi connectivity index (χ1v) is 11.4. The highest BCUT2D eigenvalue weighted by atomic mass is 32.2. The first kappa shape index (κ1) is 23.7.